The molecule has 0 aliphatic carbocycles. The molecule has 146 valence electrons. The number of nitrogens with zero attached hydrogens (tertiary/aromatic N) is 1. The largest absolute Gasteiger partial charge is 0.484 e. The van der Waals surface area contributed by atoms with Crippen LogP contribution >= 0.6 is 0 Å². The van der Waals surface area contributed by atoms with E-state index >= 15 is 0 Å². The number of primary amides is 1. The van der Waals surface area contributed by atoms with Gasteiger partial charge in [0.05, 0.1) is 5.56 Å². The standard InChI is InChI=1S/C21H17N3O5/c22-11-14-3-1-2-4-18(14)28-12-17-9-10-19(29-17)21(26)24-15-5-7-16(8-6-15)27-13-20(23)25/h1-10H,12-13H2,(H2,23,25)(H,24,26). The maximum atomic E-state index is 12.3. The minimum atomic E-state index is -0.573. The quantitative estimate of drug-likeness (QED) is 0.608. The number of rotatable bonds is 8. The van der Waals surface area contributed by atoms with Crippen molar-refractivity contribution >= 4 is 17.5 Å². The summed E-state index contributed by atoms with van der Waals surface area (Å²) in [7, 11) is 0. The van der Waals surface area contributed by atoms with Gasteiger partial charge in [0.2, 0.25) is 0 Å². The average Bonchev–Trinajstić information content (AvgIpc) is 3.21. The van der Waals surface area contributed by atoms with Gasteiger partial charge in [0.25, 0.3) is 11.8 Å². The SMILES string of the molecule is N#Cc1ccccc1OCc1ccc(C(=O)Nc2ccc(OCC(N)=O)cc2)o1. The van der Waals surface area contributed by atoms with Crippen LogP contribution in [0.5, 0.6) is 11.5 Å². The third-order valence-corrected chi connectivity index (χ3v) is 3.76. The number of hydrogen-bond acceptors (Lipinski definition) is 6. The van der Waals surface area contributed by atoms with Gasteiger partial charge in [-0.2, -0.15) is 5.26 Å². The Bertz CT molecular complexity index is 1050. The number of carbonyl (C=O) groups excluding carboxylic acids is 2. The van der Waals surface area contributed by atoms with Crippen molar-refractivity contribution in [2.45, 2.75) is 6.61 Å². The molecule has 0 aliphatic heterocycles. The lowest BCUT2D eigenvalue weighted by molar-refractivity contribution is -0.119. The molecule has 8 nitrogen and oxygen atoms in total. The molecule has 2 amide bonds. The molecule has 0 unspecified atom stereocenters. The lowest BCUT2D eigenvalue weighted by Gasteiger charge is -2.07. The Kier molecular flexibility index (Phi) is 6.12. The van der Waals surface area contributed by atoms with Gasteiger partial charge in [0.1, 0.15) is 29.9 Å². The maximum Gasteiger partial charge on any atom is 0.291 e. The fraction of sp³-hybridized carbons (Fsp3) is 0.0952. The number of amides is 2. The average molecular weight is 391 g/mol. The molecule has 1 heterocycles. The molecular formula is C21H17N3O5. The summed E-state index contributed by atoms with van der Waals surface area (Å²) in [4.78, 5) is 23.0. The van der Waals surface area contributed by atoms with E-state index in [1.54, 1.807) is 54.6 Å². The smallest absolute Gasteiger partial charge is 0.291 e. The van der Waals surface area contributed by atoms with Crippen molar-refractivity contribution in [1.82, 2.24) is 0 Å². The molecular weight excluding hydrogens is 374 g/mol. The molecule has 3 rings (SSSR count). The Balaban J connectivity index is 1.56. The normalized spacial score (nSPS) is 10.0. The summed E-state index contributed by atoms with van der Waals surface area (Å²) in [5.41, 5.74) is 5.96. The van der Waals surface area contributed by atoms with E-state index in [0.717, 1.165) is 0 Å². The highest BCUT2D eigenvalue weighted by molar-refractivity contribution is 6.02. The molecule has 3 aromatic rings. The van der Waals surface area contributed by atoms with Gasteiger partial charge < -0.3 is 24.9 Å². The second kappa shape index (κ2) is 9.10. The molecule has 0 saturated heterocycles. The lowest BCUT2D eigenvalue weighted by Crippen LogP contribution is -2.20. The summed E-state index contributed by atoms with van der Waals surface area (Å²) < 4.78 is 16.2. The number of benzene rings is 2. The number of carbonyl (C=O) groups is 2. The maximum absolute atomic E-state index is 12.3. The fourth-order valence-electron chi connectivity index (χ4n) is 2.39. The van der Waals surface area contributed by atoms with Crippen LogP contribution in [0.3, 0.4) is 0 Å². The Morgan fingerprint density at radius 2 is 1.79 bits per heavy atom. The van der Waals surface area contributed by atoms with E-state index in [0.29, 0.717) is 28.5 Å². The van der Waals surface area contributed by atoms with Crippen LogP contribution in [0.2, 0.25) is 0 Å². The molecule has 29 heavy (non-hydrogen) atoms. The van der Waals surface area contributed by atoms with E-state index in [2.05, 4.69) is 5.32 Å². The molecule has 0 aliphatic rings. The van der Waals surface area contributed by atoms with E-state index in [4.69, 9.17) is 24.9 Å². The van der Waals surface area contributed by atoms with Crippen molar-refractivity contribution in [2.75, 3.05) is 11.9 Å². The Morgan fingerprint density at radius 3 is 2.52 bits per heavy atom. The first kappa shape index (κ1) is 19.5. The Hall–Kier alpha value is -4.25. The molecule has 0 bridgehead atoms. The van der Waals surface area contributed by atoms with Crippen molar-refractivity contribution in [2.24, 2.45) is 5.73 Å². The minimum Gasteiger partial charge on any atom is -0.484 e. The molecule has 0 radical (unpaired) electrons. The molecule has 0 spiro atoms. The third kappa shape index (κ3) is 5.37. The number of nitriles is 1. The van der Waals surface area contributed by atoms with E-state index in [1.807, 2.05) is 6.07 Å². The topological polar surface area (TPSA) is 128 Å². The highest BCUT2D eigenvalue weighted by Gasteiger charge is 2.13. The van der Waals surface area contributed by atoms with Crippen LogP contribution in [-0.4, -0.2) is 18.4 Å². The number of ether oxygens (including phenoxy) is 2. The molecule has 0 fully saturated rings. The van der Waals surface area contributed by atoms with Gasteiger partial charge in [-0.3, -0.25) is 9.59 Å². The van der Waals surface area contributed by atoms with E-state index in [9.17, 15) is 9.59 Å². The third-order valence-electron chi connectivity index (χ3n) is 3.76. The molecule has 3 N–H and O–H groups in total. The van der Waals surface area contributed by atoms with Gasteiger partial charge in [0, 0.05) is 5.69 Å². The number of nitrogens with two attached hydrogens (primary N) is 1. The van der Waals surface area contributed by atoms with Gasteiger partial charge in [-0.15, -0.1) is 0 Å². The second-order valence-corrected chi connectivity index (χ2v) is 5.90. The first-order valence-electron chi connectivity index (χ1n) is 8.58. The van der Waals surface area contributed by atoms with Gasteiger partial charge >= 0.3 is 0 Å². The predicted octanol–water partition coefficient (Wildman–Crippen LogP) is 2.85. The van der Waals surface area contributed by atoms with Crippen LogP contribution in [0.1, 0.15) is 21.9 Å². The number of anilines is 1. The van der Waals surface area contributed by atoms with Crippen LogP contribution in [0, 0.1) is 11.3 Å². The monoisotopic (exact) mass is 391 g/mol. The summed E-state index contributed by atoms with van der Waals surface area (Å²) in [6.45, 7) is -0.139. The van der Waals surface area contributed by atoms with E-state index < -0.39 is 11.8 Å². The highest BCUT2D eigenvalue weighted by Crippen LogP contribution is 2.20. The number of furan rings is 1. The van der Waals surface area contributed by atoms with E-state index in [-0.39, 0.29) is 19.0 Å². The van der Waals surface area contributed by atoms with Crippen LogP contribution in [-0.2, 0) is 11.4 Å². The zero-order valence-electron chi connectivity index (χ0n) is 15.3. The van der Waals surface area contributed by atoms with Gasteiger partial charge in [-0.25, -0.2) is 0 Å². The first-order chi connectivity index (χ1) is 14.0. The molecule has 0 saturated carbocycles. The Labute approximate surface area is 166 Å². The van der Waals surface area contributed by atoms with Crippen molar-refractivity contribution < 1.29 is 23.5 Å². The Morgan fingerprint density at radius 1 is 1.03 bits per heavy atom. The predicted molar refractivity (Wildman–Crippen MR) is 103 cm³/mol. The van der Waals surface area contributed by atoms with Gasteiger partial charge in [-0.1, -0.05) is 12.1 Å². The summed E-state index contributed by atoms with van der Waals surface area (Å²) >= 11 is 0. The molecule has 2 aromatic carbocycles. The summed E-state index contributed by atoms with van der Waals surface area (Å²) in [5.74, 6) is 0.452. The van der Waals surface area contributed by atoms with Crippen molar-refractivity contribution in [3.05, 3.63) is 77.7 Å². The van der Waals surface area contributed by atoms with Gasteiger partial charge in [-0.05, 0) is 48.5 Å². The van der Waals surface area contributed by atoms with Gasteiger partial charge in [0.15, 0.2) is 12.4 Å². The number of hydrogen-bond donors (Lipinski definition) is 2. The number of para-hydroxylation sites is 1. The summed E-state index contributed by atoms with van der Waals surface area (Å²) in [6, 6.07) is 18.5. The fourth-order valence-corrected chi connectivity index (χ4v) is 2.39. The highest BCUT2D eigenvalue weighted by atomic mass is 16.5. The second-order valence-electron chi connectivity index (χ2n) is 5.90. The van der Waals surface area contributed by atoms with Crippen molar-refractivity contribution in [3.63, 3.8) is 0 Å². The molecule has 0 atom stereocenters. The van der Waals surface area contributed by atoms with Crippen molar-refractivity contribution in [3.8, 4) is 17.6 Å². The van der Waals surface area contributed by atoms with Crippen LogP contribution < -0.4 is 20.5 Å². The zero-order valence-corrected chi connectivity index (χ0v) is 15.3. The first-order valence-corrected chi connectivity index (χ1v) is 8.58. The van der Waals surface area contributed by atoms with E-state index in [1.165, 1.54) is 6.07 Å². The molecule has 8 heteroatoms. The van der Waals surface area contributed by atoms with Crippen LogP contribution in [0.25, 0.3) is 0 Å². The summed E-state index contributed by atoms with van der Waals surface area (Å²) in [5, 5.41) is 11.8. The van der Waals surface area contributed by atoms with Crippen LogP contribution in [0.4, 0.5) is 5.69 Å². The minimum absolute atomic E-state index is 0.0812. The number of nitrogens with one attached hydrogen (secondary N) is 1. The van der Waals surface area contributed by atoms with Crippen LogP contribution in [0.15, 0.2) is 65.1 Å². The zero-order chi connectivity index (χ0) is 20.6. The summed E-state index contributed by atoms with van der Waals surface area (Å²) in [6.07, 6.45) is 0. The molecule has 1 aromatic heterocycles. The lowest BCUT2D eigenvalue weighted by atomic mass is 10.2. The van der Waals surface area contributed by atoms with Crippen molar-refractivity contribution in [1.29, 1.82) is 5.26 Å².